The summed E-state index contributed by atoms with van der Waals surface area (Å²) in [6.45, 7) is 4.63. The van der Waals surface area contributed by atoms with E-state index < -0.39 is 5.25 Å². The number of hydrogen-bond acceptors (Lipinski definition) is 6. The number of fused-ring (bicyclic) bond motifs is 2. The van der Waals surface area contributed by atoms with Crippen LogP contribution in [-0.2, 0) is 11.3 Å². The molecule has 0 unspecified atom stereocenters. The maximum atomic E-state index is 13.7. The molecule has 1 aliphatic carbocycles. The van der Waals surface area contributed by atoms with Gasteiger partial charge in [0.05, 0.1) is 16.2 Å². The summed E-state index contributed by atoms with van der Waals surface area (Å²) in [5.41, 5.74) is 3.66. The first-order valence-corrected chi connectivity index (χ1v) is 13.5. The van der Waals surface area contributed by atoms with Crippen LogP contribution >= 0.6 is 11.8 Å². The minimum Gasteiger partial charge on any atom is -0.454 e. The minimum atomic E-state index is -0.399. The minimum absolute atomic E-state index is 0.102. The summed E-state index contributed by atoms with van der Waals surface area (Å²) in [6.07, 6.45) is 8.30. The van der Waals surface area contributed by atoms with Gasteiger partial charge < -0.3 is 14.8 Å². The number of amides is 1. The highest BCUT2D eigenvalue weighted by molar-refractivity contribution is 8.00. The molecule has 0 saturated carbocycles. The molecule has 1 amide bonds. The van der Waals surface area contributed by atoms with Crippen LogP contribution in [0.2, 0.25) is 0 Å². The molecule has 0 bridgehead atoms. The van der Waals surface area contributed by atoms with Gasteiger partial charge in [0, 0.05) is 18.3 Å². The van der Waals surface area contributed by atoms with Gasteiger partial charge >= 0.3 is 0 Å². The molecule has 0 radical (unpaired) electrons. The number of carbonyl (C=O) groups is 1. The largest absolute Gasteiger partial charge is 0.454 e. The zero-order chi connectivity index (χ0) is 25.1. The first-order chi connectivity index (χ1) is 17.5. The number of ether oxygens (including phenoxy) is 2. The van der Waals surface area contributed by atoms with Gasteiger partial charge in [-0.25, -0.2) is 4.98 Å². The molecule has 3 aromatic rings. The number of carbonyl (C=O) groups excluding carboxylic acids is 1. The Morgan fingerprint density at radius 2 is 2.03 bits per heavy atom. The lowest BCUT2D eigenvalue weighted by molar-refractivity contribution is -0.115. The Labute approximate surface area is 214 Å². The van der Waals surface area contributed by atoms with Gasteiger partial charge in [-0.05, 0) is 69.2 Å². The molecule has 2 heterocycles. The molecule has 0 spiro atoms. The van der Waals surface area contributed by atoms with E-state index in [1.807, 2.05) is 38.1 Å². The van der Waals surface area contributed by atoms with E-state index in [1.165, 1.54) is 30.2 Å². The molecule has 5 rings (SSSR count). The number of nitrogens with one attached hydrogen (secondary N) is 1. The van der Waals surface area contributed by atoms with E-state index in [1.54, 1.807) is 16.7 Å². The molecule has 36 heavy (non-hydrogen) atoms. The molecule has 0 saturated heterocycles. The van der Waals surface area contributed by atoms with E-state index >= 15 is 0 Å². The second-order valence-electron chi connectivity index (χ2n) is 9.31. The van der Waals surface area contributed by atoms with Crippen LogP contribution in [0.4, 0.5) is 5.69 Å². The second kappa shape index (κ2) is 10.8. The summed E-state index contributed by atoms with van der Waals surface area (Å²) >= 11 is 1.34. The Balaban J connectivity index is 1.48. The third kappa shape index (κ3) is 5.28. The summed E-state index contributed by atoms with van der Waals surface area (Å²) in [6, 6.07) is 11.2. The van der Waals surface area contributed by atoms with E-state index in [9.17, 15) is 9.59 Å². The third-order valence-corrected chi connectivity index (χ3v) is 8.01. The predicted octanol–water partition coefficient (Wildman–Crippen LogP) is 5.83. The highest BCUT2D eigenvalue weighted by Crippen LogP contribution is 2.36. The van der Waals surface area contributed by atoms with E-state index in [4.69, 9.17) is 14.5 Å². The van der Waals surface area contributed by atoms with Crippen LogP contribution in [0.25, 0.3) is 10.9 Å². The van der Waals surface area contributed by atoms with Crippen molar-refractivity contribution in [3.63, 3.8) is 0 Å². The number of hydrogen-bond donors (Lipinski definition) is 1. The first kappa shape index (κ1) is 24.4. The zero-order valence-electron chi connectivity index (χ0n) is 20.7. The summed E-state index contributed by atoms with van der Waals surface area (Å²) in [5, 5.41) is 3.67. The van der Waals surface area contributed by atoms with Crippen molar-refractivity contribution in [1.82, 2.24) is 9.55 Å². The zero-order valence-corrected chi connectivity index (χ0v) is 21.5. The summed E-state index contributed by atoms with van der Waals surface area (Å²) in [7, 11) is 0. The second-order valence-corrected chi connectivity index (χ2v) is 10.5. The Kier molecular flexibility index (Phi) is 7.32. The van der Waals surface area contributed by atoms with Gasteiger partial charge in [0.25, 0.3) is 5.56 Å². The highest BCUT2D eigenvalue weighted by atomic mass is 32.2. The smallest absolute Gasteiger partial charge is 0.262 e. The Hall–Kier alpha value is -3.26. The van der Waals surface area contributed by atoms with Crippen LogP contribution in [0, 0.1) is 6.92 Å². The van der Waals surface area contributed by atoms with Gasteiger partial charge in [0.1, 0.15) is 0 Å². The van der Waals surface area contributed by atoms with Gasteiger partial charge in [0.15, 0.2) is 16.7 Å². The van der Waals surface area contributed by atoms with Crippen LogP contribution in [-0.4, -0.2) is 27.5 Å². The Morgan fingerprint density at radius 3 is 2.78 bits per heavy atom. The molecule has 8 heteroatoms. The Morgan fingerprint density at radius 1 is 1.19 bits per heavy atom. The first-order valence-electron chi connectivity index (χ1n) is 12.6. The Bertz CT molecular complexity index is 1380. The molecular formula is C28H31N3O4S. The molecular weight excluding hydrogens is 474 g/mol. The van der Waals surface area contributed by atoms with Gasteiger partial charge in [-0.15, -0.1) is 0 Å². The summed E-state index contributed by atoms with van der Waals surface area (Å²) in [5.74, 6) is 1.04. The van der Waals surface area contributed by atoms with E-state index in [0.29, 0.717) is 40.5 Å². The molecule has 1 aromatic heterocycles. The number of thioether (sulfide) groups is 1. The predicted molar refractivity (Wildman–Crippen MR) is 143 cm³/mol. The topological polar surface area (TPSA) is 82.5 Å². The molecule has 1 aliphatic heterocycles. The van der Waals surface area contributed by atoms with Crippen LogP contribution in [0.5, 0.6) is 11.5 Å². The maximum Gasteiger partial charge on any atom is 0.262 e. The van der Waals surface area contributed by atoms with Gasteiger partial charge in [0.2, 0.25) is 12.7 Å². The fraction of sp³-hybridized carbons (Fsp3) is 0.393. The monoisotopic (exact) mass is 505 g/mol. The number of rotatable bonds is 8. The molecule has 1 N–H and O–H groups in total. The fourth-order valence-corrected chi connectivity index (χ4v) is 5.70. The fourth-order valence-electron chi connectivity index (χ4n) is 4.66. The van der Waals surface area contributed by atoms with Crippen molar-refractivity contribution in [2.24, 2.45) is 0 Å². The number of nitrogens with zero attached hydrogens (tertiary/aromatic N) is 2. The van der Waals surface area contributed by atoms with Crippen molar-refractivity contribution in [3.8, 4) is 11.5 Å². The van der Waals surface area contributed by atoms with Crippen molar-refractivity contribution in [3.05, 3.63) is 64.0 Å². The quantitative estimate of drug-likeness (QED) is 0.236. The molecule has 2 aliphatic rings. The van der Waals surface area contributed by atoms with Gasteiger partial charge in [-0.1, -0.05) is 42.5 Å². The van der Waals surface area contributed by atoms with E-state index in [2.05, 4.69) is 11.4 Å². The summed E-state index contributed by atoms with van der Waals surface area (Å²) < 4.78 is 12.7. The molecule has 1 atom stereocenters. The van der Waals surface area contributed by atoms with Crippen molar-refractivity contribution in [2.75, 3.05) is 12.1 Å². The van der Waals surface area contributed by atoms with Gasteiger partial charge in [-0.3, -0.25) is 14.2 Å². The highest BCUT2D eigenvalue weighted by Gasteiger charge is 2.24. The number of allylic oxidation sites excluding steroid dienone is 2. The van der Waals surface area contributed by atoms with Crippen molar-refractivity contribution < 1.29 is 14.3 Å². The van der Waals surface area contributed by atoms with Crippen molar-refractivity contribution in [1.29, 1.82) is 0 Å². The third-order valence-electron chi connectivity index (χ3n) is 6.65. The lowest BCUT2D eigenvalue weighted by Crippen LogP contribution is -2.28. The molecule has 7 nitrogen and oxygen atoms in total. The van der Waals surface area contributed by atoms with Crippen LogP contribution < -0.4 is 20.3 Å². The van der Waals surface area contributed by atoms with Crippen LogP contribution in [0.1, 0.15) is 51.0 Å². The van der Waals surface area contributed by atoms with Crippen molar-refractivity contribution in [2.45, 2.75) is 69.3 Å². The van der Waals surface area contributed by atoms with E-state index in [-0.39, 0.29) is 18.3 Å². The molecule has 2 aromatic carbocycles. The SMILES string of the molecule is CC[C@H](Sc1nc2cc3c(cc2c(=O)n1CCC1=CCCCC1)OCO3)C(=O)Nc1cccc(C)c1. The number of aromatic nitrogens is 2. The van der Waals surface area contributed by atoms with Crippen molar-refractivity contribution >= 4 is 34.3 Å². The van der Waals surface area contributed by atoms with E-state index in [0.717, 1.165) is 30.5 Å². The average Bonchev–Trinajstić information content (AvgIpc) is 3.34. The standard InChI is InChI=1S/C28H31N3O4S/c1-3-25(26(32)29-20-11-7-8-18(2)14-20)36-28-30-22-16-24-23(34-17-35-24)15-21(22)27(33)31(28)13-12-19-9-5-4-6-10-19/h7-9,11,14-16,25H,3-6,10,12-13,17H2,1-2H3,(H,29,32)/t25-/m0/s1. The van der Waals surface area contributed by atoms with Gasteiger partial charge in [-0.2, -0.15) is 0 Å². The molecule has 0 fully saturated rings. The molecule has 188 valence electrons. The van der Waals surface area contributed by atoms with Crippen LogP contribution in [0.3, 0.4) is 0 Å². The normalized spacial score (nSPS) is 15.6. The number of benzene rings is 2. The van der Waals surface area contributed by atoms with Crippen LogP contribution in [0.15, 0.2) is 58.0 Å². The average molecular weight is 506 g/mol. The lowest BCUT2D eigenvalue weighted by atomic mass is 9.97. The number of anilines is 1. The number of aryl methyl sites for hydroxylation is 1. The maximum absolute atomic E-state index is 13.7. The lowest BCUT2D eigenvalue weighted by Gasteiger charge is -2.19. The summed E-state index contributed by atoms with van der Waals surface area (Å²) in [4.78, 5) is 31.7.